The van der Waals surface area contributed by atoms with Crippen molar-refractivity contribution in [2.75, 3.05) is 6.26 Å². The van der Waals surface area contributed by atoms with Gasteiger partial charge >= 0.3 is 0 Å². The van der Waals surface area contributed by atoms with Crippen LogP contribution < -0.4 is 0 Å². The van der Waals surface area contributed by atoms with Gasteiger partial charge in [0, 0.05) is 12.7 Å². The van der Waals surface area contributed by atoms with Gasteiger partial charge in [-0.2, -0.15) is 5.10 Å². The number of hydrogen-bond donors (Lipinski definition) is 0. The summed E-state index contributed by atoms with van der Waals surface area (Å²) in [4.78, 5) is 18.1. The van der Waals surface area contributed by atoms with Crippen LogP contribution in [0, 0.1) is 6.92 Å². The number of para-hydroxylation sites is 2. The third-order valence-electron chi connectivity index (χ3n) is 5.84. The number of fused-ring (bicyclic) bond motifs is 1. The first-order chi connectivity index (χ1) is 16.3. The molecule has 2 aromatic carbocycles. The number of imidazole rings is 1. The van der Waals surface area contributed by atoms with Crippen LogP contribution in [0.3, 0.4) is 0 Å². The van der Waals surface area contributed by atoms with Crippen LogP contribution in [0.5, 0.6) is 0 Å². The molecule has 34 heavy (non-hydrogen) atoms. The van der Waals surface area contributed by atoms with E-state index < -0.39 is 9.84 Å². The number of nitrogens with zero attached hydrogens (tertiary/aromatic N) is 4. The van der Waals surface area contributed by atoms with Crippen molar-refractivity contribution in [3.8, 4) is 0 Å². The molecular weight excluding hydrogens is 452 g/mol. The molecule has 0 fully saturated rings. The molecule has 2 aromatic heterocycles. The number of aromatic nitrogens is 2. The van der Waals surface area contributed by atoms with Crippen LogP contribution in [-0.2, 0) is 26.9 Å². The molecule has 0 aliphatic carbocycles. The molecule has 0 saturated carbocycles. The molecule has 1 aliphatic heterocycles. The number of rotatable bonds is 6. The molecule has 0 spiro atoms. The molecule has 8 nitrogen and oxygen atoms in total. The highest BCUT2D eigenvalue weighted by Gasteiger charge is 2.35. The summed E-state index contributed by atoms with van der Waals surface area (Å²) in [5.41, 5.74) is 4.22. The average molecular weight is 477 g/mol. The van der Waals surface area contributed by atoms with Crippen LogP contribution in [0.15, 0.2) is 76.4 Å². The zero-order valence-electron chi connectivity index (χ0n) is 18.9. The first-order valence-electron chi connectivity index (χ1n) is 10.9. The Labute approximate surface area is 197 Å². The molecule has 0 saturated heterocycles. The van der Waals surface area contributed by atoms with Crippen molar-refractivity contribution in [1.29, 1.82) is 0 Å². The minimum atomic E-state index is -3.35. The van der Waals surface area contributed by atoms with E-state index in [0.29, 0.717) is 29.0 Å². The highest BCUT2D eigenvalue weighted by molar-refractivity contribution is 7.89. The summed E-state index contributed by atoms with van der Waals surface area (Å²) >= 11 is 0. The normalized spacial score (nSPS) is 16.2. The Bertz CT molecular complexity index is 1490. The molecule has 0 bridgehead atoms. The van der Waals surface area contributed by atoms with Crippen LogP contribution in [0.25, 0.3) is 11.0 Å². The van der Waals surface area contributed by atoms with Gasteiger partial charge in [0.25, 0.3) is 5.91 Å². The van der Waals surface area contributed by atoms with E-state index in [-0.39, 0.29) is 24.2 Å². The Balaban J connectivity index is 1.52. The Hall–Kier alpha value is -3.72. The molecule has 174 valence electrons. The van der Waals surface area contributed by atoms with Gasteiger partial charge in [-0.05, 0) is 36.8 Å². The number of benzene rings is 2. The largest absolute Gasteiger partial charge is 0.467 e. The quantitative estimate of drug-likeness (QED) is 0.421. The number of amides is 1. The van der Waals surface area contributed by atoms with E-state index in [0.717, 1.165) is 23.1 Å². The molecule has 3 heterocycles. The lowest BCUT2D eigenvalue weighted by Crippen LogP contribution is -2.31. The molecule has 0 N–H and O–H groups in total. The van der Waals surface area contributed by atoms with Crippen molar-refractivity contribution in [1.82, 2.24) is 14.6 Å². The molecule has 1 aliphatic rings. The Morgan fingerprint density at radius 3 is 2.56 bits per heavy atom. The van der Waals surface area contributed by atoms with Crippen LogP contribution in [0.1, 0.15) is 35.2 Å². The SMILES string of the molecule is Cc1ccc(C2=NN(C(=O)Cn3c(CS(C)(=O)=O)nc4ccccc43)[C@H](c3ccco3)C2)cc1. The second-order valence-electron chi connectivity index (χ2n) is 8.56. The molecule has 4 aromatic rings. The zero-order valence-corrected chi connectivity index (χ0v) is 19.7. The lowest BCUT2D eigenvalue weighted by atomic mass is 10.0. The zero-order chi connectivity index (χ0) is 23.9. The van der Waals surface area contributed by atoms with Crippen LogP contribution in [0.4, 0.5) is 0 Å². The maximum absolute atomic E-state index is 13.6. The topological polar surface area (TPSA) is 97.8 Å². The van der Waals surface area contributed by atoms with E-state index in [9.17, 15) is 13.2 Å². The first-order valence-corrected chi connectivity index (χ1v) is 13.0. The van der Waals surface area contributed by atoms with Gasteiger partial charge in [-0.15, -0.1) is 0 Å². The molecule has 0 unspecified atom stereocenters. The predicted octanol–water partition coefficient (Wildman–Crippen LogP) is 3.86. The van der Waals surface area contributed by atoms with Crippen molar-refractivity contribution in [2.24, 2.45) is 5.10 Å². The van der Waals surface area contributed by atoms with E-state index >= 15 is 0 Å². The number of sulfone groups is 1. The monoisotopic (exact) mass is 476 g/mol. The van der Waals surface area contributed by atoms with Gasteiger partial charge in [-0.1, -0.05) is 42.0 Å². The van der Waals surface area contributed by atoms with Gasteiger partial charge < -0.3 is 8.98 Å². The van der Waals surface area contributed by atoms with Crippen LogP contribution >= 0.6 is 0 Å². The number of carbonyl (C=O) groups excluding carboxylic acids is 1. The van der Waals surface area contributed by atoms with E-state index in [1.807, 2.05) is 55.5 Å². The van der Waals surface area contributed by atoms with Gasteiger partial charge in [0.2, 0.25) is 0 Å². The summed E-state index contributed by atoms with van der Waals surface area (Å²) in [5.74, 6) is 0.440. The average Bonchev–Trinajstić information content (AvgIpc) is 3.52. The van der Waals surface area contributed by atoms with E-state index in [1.165, 1.54) is 5.01 Å². The summed E-state index contributed by atoms with van der Waals surface area (Å²) in [6, 6.07) is 18.6. The minimum Gasteiger partial charge on any atom is -0.467 e. The molecule has 1 amide bonds. The molecule has 1 atom stereocenters. The summed E-state index contributed by atoms with van der Waals surface area (Å²) in [7, 11) is -3.35. The van der Waals surface area contributed by atoms with Crippen molar-refractivity contribution in [3.05, 3.63) is 89.6 Å². The number of furan rings is 1. The highest BCUT2D eigenvalue weighted by Crippen LogP contribution is 2.33. The summed E-state index contributed by atoms with van der Waals surface area (Å²) in [6.07, 6.45) is 3.25. The Morgan fingerprint density at radius 2 is 1.85 bits per heavy atom. The van der Waals surface area contributed by atoms with E-state index in [2.05, 4.69) is 10.1 Å². The second-order valence-corrected chi connectivity index (χ2v) is 10.7. The van der Waals surface area contributed by atoms with Gasteiger partial charge in [0.05, 0.1) is 23.0 Å². The van der Waals surface area contributed by atoms with E-state index in [4.69, 9.17) is 4.42 Å². The smallest absolute Gasteiger partial charge is 0.263 e. The minimum absolute atomic E-state index is 0.0900. The summed E-state index contributed by atoms with van der Waals surface area (Å²) in [6.45, 7) is 1.93. The Kier molecular flexibility index (Phi) is 5.57. The molecular formula is C25H24N4O4S. The third kappa shape index (κ3) is 4.38. The number of carbonyl (C=O) groups is 1. The maximum atomic E-state index is 13.6. The summed E-state index contributed by atoms with van der Waals surface area (Å²) < 4.78 is 31.3. The molecule has 0 radical (unpaired) electrons. The Morgan fingerprint density at radius 1 is 1.09 bits per heavy atom. The number of aryl methyl sites for hydroxylation is 1. The fourth-order valence-electron chi connectivity index (χ4n) is 4.22. The maximum Gasteiger partial charge on any atom is 0.263 e. The van der Waals surface area contributed by atoms with Gasteiger partial charge in [0.1, 0.15) is 29.9 Å². The van der Waals surface area contributed by atoms with Crippen LogP contribution in [-0.4, -0.2) is 40.9 Å². The van der Waals surface area contributed by atoms with Gasteiger partial charge in [-0.25, -0.2) is 18.4 Å². The van der Waals surface area contributed by atoms with Crippen molar-refractivity contribution in [3.63, 3.8) is 0 Å². The van der Waals surface area contributed by atoms with Gasteiger partial charge in [0.15, 0.2) is 9.84 Å². The first kappa shape index (κ1) is 22.1. The fraction of sp³-hybridized carbons (Fsp3) is 0.240. The molecule has 5 rings (SSSR count). The van der Waals surface area contributed by atoms with Crippen LogP contribution in [0.2, 0.25) is 0 Å². The van der Waals surface area contributed by atoms with Gasteiger partial charge in [-0.3, -0.25) is 4.79 Å². The summed E-state index contributed by atoms with van der Waals surface area (Å²) in [5, 5.41) is 6.13. The highest BCUT2D eigenvalue weighted by atomic mass is 32.2. The van der Waals surface area contributed by atoms with Crippen molar-refractivity contribution < 1.29 is 17.6 Å². The van der Waals surface area contributed by atoms with E-state index in [1.54, 1.807) is 23.0 Å². The standard InChI is InChI=1S/C25H24N4O4S/c1-17-9-11-18(12-10-17)20-14-22(23-8-5-13-33-23)29(27-20)25(30)15-28-21-7-4-3-6-19(21)26-24(28)16-34(2,31)32/h3-13,22H,14-16H2,1-2H3/t22-/m0/s1. The predicted molar refractivity (Wildman–Crippen MR) is 129 cm³/mol. The third-order valence-corrected chi connectivity index (χ3v) is 6.62. The second kappa shape index (κ2) is 8.57. The van der Waals surface area contributed by atoms with Crippen molar-refractivity contribution in [2.45, 2.75) is 31.7 Å². The molecule has 9 heteroatoms. The lowest BCUT2D eigenvalue weighted by molar-refractivity contribution is -0.134. The fourth-order valence-corrected chi connectivity index (χ4v) is 4.91. The number of hydrogen-bond acceptors (Lipinski definition) is 6. The van der Waals surface area contributed by atoms with Crippen molar-refractivity contribution >= 4 is 32.5 Å². The lowest BCUT2D eigenvalue weighted by Gasteiger charge is -2.20. The number of hydrazone groups is 1.